The Morgan fingerprint density at radius 2 is 2.05 bits per heavy atom. The molecule has 2 N–H and O–H groups in total. The van der Waals surface area contributed by atoms with Gasteiger partial charge in [-0.1, -0.05) is 30.3 Å². The lowest BCUT2D eigenvalue weighted by Gasteiger charge is -2.11. The molecule has 0 amide bonds. The number of aryl methyl sites for hydroxylation is 1. The third-order valence-corrected chi connectivity index (χ3v) is 3.06. The molecule has 0 unspecified atom stereocenters. The third-order valence-electron chi connectivity index (χ3n) is 3.06. The van der Waals surface area contributed by atoms with Crippen LogP contribution in [0.3, 0.4) is 0 Å². The molecule has 1 heterocycles. The van der Waals surface area contributed by atoms with Crippen molar-refractivity contribution in [2.75, 3.05) is 5.73 Å². The fraction of sp³-hybridized carbons (Fsp3) is 0.200. The summed E-state index contributed by atoms with van der Waals surface area (Å²) in [5, 5.41) is 0. The minimum Gasteiger partial charge on any atom is -0.457 e. The molecule has 22 heavy (non-hydrogen) atoms. The maximum atomic E-state index is 12.2. The summed E-state index contributed by atoms with van der Waals surface area (Å²) >= 11 is 0. The maximum Gasteiger partial charge on any atom is 0.347 e. The molecule has 0 radical (unpaired) electrons. The number of aldehydes is 1. The Morgan fingerprint density at radius 1 is 1.36 bits per heavy atom. The SMILES string of the molecule is Cc1nc(N)c(C(=O)OCc2ccccc2)c(=O)n1CC=O. The molecule has 0 fully saturated rings. The second kappa shape index (κ2) is 6.66. The van der Waals surface area contributed by atoms with Crippen LogP contribution in [0.1, 0.15) is 21.7 Å². The van der Waals surface area contributed by atoms with E-state index < -0.39 is 11.5 Å². The Morgan fingerprint density at radius 3 is 2.68 bits per heavy atom. The Balaban J connectivity index is 2.27. The number of aromatic nitrogens is 2. The number of anilines is 1. The summed E-state index contributed by atoms with van der Waals surface area (Å²) < 4.78 is 6.16. The van der Waals surface area contributed by atoms with Crippen molar-refractivity contribution in [2.24, 2.45) is 0 Å². The summed E-state index contributed by atoms with van der Waals surface area (Å²) in [4.78, 5) is 38.9. The van der Waals surface area contributed by atoms with Crippen molar-refractivity contribution in [1.29, 1.82) is 0 Å². The molecule has 1 aromatic heterocycles. The number of hydrogen-bond acceptors (Lipinski definition) is 6. The van der Waals surface area contributed by atoms with E-state index >= 15 is 0 Å². The van der Waals surface area contributed by atoms with Gasteiger partial charge in [0.25, 0.3) is 5.56 Å². The largest absolute Gasteiger partial charge is 0.457 e. The summed E-state index contributed by atoms with van der Waals surface area (Å²) in [7, 11) is 0. The Hall–Kier alpha value is -2.96. The average molecular weight is 301 g/mol. The molecule has 0 spiro atoms. The van der Waals surface area contributed by atoms with E-state index in [1.54, 1.807) is 12.1 Å². The zero-order chi connectivity index (χ0) is 16.1. The molecule has 7 heteroatoms. The van der Waals surface area contributed by atoms with Gasteiger partial charge in [0.15, 0.2) is 5.56 Å². The number of esters is 1. The topological polar surface area (TPSA) is 104 Å². The van der Waals surface area contributed by atoms with Gasteiger partial charge in [0.1, 0.15) is 24.5 Å². The van der Waals surface area contributed by atoms with Crippen LogP contribution in [-0.4, -0.2) is 21.8 Å². The lowest BCUT2D eigenvalue weighted by Crippen LogP contribution is -2.32. The second-order valence-corrected chi connectivity index (χ2v) is 4.56. The van der Waals surface area contributed by atoms with Crippen LogP contribution < -0.4 is 11.3 Å². The van der Waals surface area contributed by atoms with Gasteiger partial charge in [-0.3, -0.25) is 9.36 Å². The first-order valence-corrected chi connectivity index (χ1v) is 6.56. The normalized spacial score (nSPS) is 10.2. The number of nitrogen functional groups attached to an aromatic ring is 1. The molecule has 0 saturated carbocycles. The van der Waals surface area contributed by atoms with Gasteiger partial charge in [-0.2, -0.15) is 0 Å². The van der Waals surface area contributed by atoms with Crippen molar-refractivity contribution in [3.63, 3.8) is 0 Å². The van der Waals surface area contributed by atoms with Gasteiger partial charge in [-0.25, -0.2) is 9.78 Å². The van der Waals surface area contributed by atoms with Crippen molar-refractivity contribution in [3.8, 4) is 0 Å². The summed E-state index contributed by atoms with van der Waals surface area (Å²) in [6.07, 6.45) is 0.547. The molecular formula is C15H15N3O4. The lowest BCUT2D eigenvalue weighted by atomic mass is 10.2. The van der Waals surface area contributed by atoms with E-state index in [-0.39, 0.29) is 30.4 Å². The second-order valence-electron chi connectivity index (χ2n) is 4.56. The van der Waals surface area contributed by atoms with Gasteiger partial charge in [0, 0.05) is 0 Å². The van der Waals surface area contributed by atoms with E-state index in [1.165, 1.54) is 6.92 Å². The van der Waals surface area contributed by atoms with Crippen molar-refractivity contribution in [1.82, 2.24) is 9.55 Å². The highest BCUT2D eigenvalue weighted by Crippen LogP contribution is 2.09. The van der Waals surface area contributed by atoms with Gasteiger partial charge >= 0.3 is 5.97 Å². The first-order chi connectivity index (χ1) is 10.5. The van der Waals surface area contributed by atoms with Gasteiger partial charge < -0.3 is 15.3 Å². The van der Waals surface area contributed by atoms with Crippen LogP contribution >= 0.6 is 0 Å². The zero-order valence-corrected chi connectivity index (χ0v) is 12.0. The predicted octanol–water partition coefficient (Wildman–Crippen LogP) is 0.690. The fourth-order valence-electron chi connectivity index (χ4n) is 1.96. The van der Waals surface area contributed by atoms with E-state index in [2.05, 4.69) is 4.98 Å². The van der Waals surface area contributed by atoms with E-state index in [1.807, 2.05) is 18.2 Å². The molecule has 7 nitrogen and oxygen atoms in total. The fourth-order valence-corrected chi connectivity index (χ4v) is 1.96. The summed E-state index contributed by atoms with van der Waals surface area (Å²) in [6.45, 7) is 1.34. The van der Waals surface area contributed by atoms with Crippen molar-refractivity contribution >= 4 is 18.1 Å². The number of carbonyl (C=O) groups is 2. The number of nitrogens with two attached hydrogens (primary N) is 1. The minimum atomic E-state index is -0.862. The van der Waals surface area contributed by atoms with Crippen molar-refractivity contribution in [3.05, 3.63) is 57.6 Å². The maximum absolute atomic E-state index is 12.2. The molecule has 0 aliphatic heterocycles. The van der Waals surface area contributed by atoms with Crippen molar-refractivity contribution < 1.29 is 14.3 Å². The van der Waals surface area contributed by atoms with Crippen LogP contribution in [0.15, 0.2) is 35.1 Å². The van der Waals surface area contributed by atoms with E-state index in [9.17, 15) is 14.4 Å². The van der Waals surface area contributed by atoms with Crippen LogP contribution in [-0.2, 0) is 22.7 Å². The molecule has 0 aliphatic carbocycles. The molecule has 0 bridgehead atoms. The number of carbonyl (C=O) groups excluding carboxylic acids is 2. The summed E-state index contributed by atoms with van der Waals surface area (Å²) in [5.74, 6) is -0.810. The Kier molecular flexibility index (Phi) is 4.67. The first kappa shape index (κ1) is 15.4. The molecular weight excluding hydrogens is 286 g/mol. The van der Waals surface area contributed by atoms with Crippen LogP contribution in [0.4, 0.5) is 5.82 Å². The number of nitrogens with zero attached hydrogens (tertiary/aromatic N) is 2. The number of ether oxygens (including phenoxy) is 1. The van der Waals surface area contributed by atoms with Crippen LogP contribution in [0.5, 0.6) is 0 Å². The van der Waals surface area contributed by atoms with Gasteiger partial charge in [0.2, 0.25) is 0 Å². The summed E-state index contributed by atoms with van der Waals surface area (Å²) in [5.41, 5.74) is 5.38. The monoisotopic (exact) mass is 301 g/mol. The highest BCUT2D eigenvalue weighted by Gasteiger charge is 2.21. The van der Waals surface area contributed by atoms with Gasteiger partial charge in [-0.15, -0.1) is 0 Å². The molecule has 2 rings (SSSR count). The van der Waals surface area contributed by atoms with Gasteiger partial charge in [0.05, 0.1) is 6.54 Å². The third kappa shape index (κ3) is 3.20. The highest BCUT2D eigenvalue weighted by molar-refractivity contribution is 5.93. The number of hydrogen-bond donors (Lipinski definition) is 1. The smallest absolute Gasteiger partial charge is 0.347 e. The van der Waals surface area contributed by atoms with Crippen LogP contribution in [0, 0.1) is 6.92 Å². The molecule has 0 aliphatic rings. The molecule has 0 atom stereocenters. The number of rotatable bonds is 5. The van der Waals surface area contributed by atoms with Crippen molar-refractivity contribution in [2.45, 2.75) is 20.1 Å². The molecule has 114 valence electrons. The lowest BCUT2D eigenvalue weighted by molar-refractivity contribution is -0.108. The molecule has 2 aromatic rings. The Labute approximate surface area is 126 Å². The van der Waals surface area contributed by atoms with E-state index in [0.717, 1.165) is 10.1 Å². The predicted molar refractivity (Wildman–Crippen MR) is 79.3 cm³/mol. The van der Waals surface area contributed by atoms with Gasteiger partial charge in [-0.05, 0) is 12.5 Å². The average Bonchev–Trinajstić information content (AvgIpc) is 2.50. The van der Waals surface area contributed by atoms with E-state index in [4.69, 9.17) is 10.5 Å². The highest BCUT2D eigenvalue weighted by atomic mass is 16.5. The van der Waals surface area contributed by atoms with Crippen LogP contribution in [0.25, 0.3) is 0 Å². The Bertz CT molecular complexity index is 753. The van der Waals surface area contributed by atoms with E-state index in [0.29, 0.717) is 6.29 Å². The van der Waals surface area contributed by atoms with Crippen LogP contribution in [0.2, 0.25) is 0 Å². The zero-order valence-electron chi connectivity index (χ0n) is 12.0. The summed E-state index contributed by atoms with van der Waals surface area (Å²) in [6, 6.07) is 9.03. The minimum absolute atomic E-state index is 0.0140. The molecule has 0 saturated heterocycles. The quantitative estimate of drug-likeness (QED) is 0.643. The number of benzene rings is 1. The standard InChI is InChI=1S/C15H15N3O4/c1-10-17-13(16)12(14(20)18(10)7-8-19)15(21)22-9-11-5-3-2-4-6-11/h2-6,8H,7,9,16H2,1H3. The first-order valence-electron chi connectivity index (χ1n) is 6.56. The molecule has 1 aromatic carbocycles.